The van der Waals surface area contributed by atoms with E-state index >= 15 is 0 Å². The van der Waals surface area contributed by atoms with Gasteiger partial charge in [0.25, 0.3) is 0 Å². The highest BCUT2D eigenvalue weighted by atomic mass is 16.5. The number of carbonyl (C=O) groups is 1. The Balaban J connectivity index is 1.93. The fourth-order valence-electron chi connectivity index (χ4n) is 1.93. The van der Waals surface area contributed by atoms with Crippen molar-refractivity contribution < 1.29 is 9.53 Å². The predicted octanol–water partition coefficient (Wildman–Crippen LogP) is 3.19. The first-order valence-electron chi connectivity index (χ1n) is 7.04. The summed E-state index contributed by atoms with van der Waals surface area (Å²) in [6.07, 6.45) is 0.996. The summed E-state index contributed by atoms with van der Waals surface area (Å²) in [4.78, 5) is 11.1. The summed E-state index contributed by atoms with van der Waals surface area (Å²) in [5, 5.41) is 3.30. The molecule has 21 heavy (non-hydrogen) atoms. The van der Waals surface area contributed by atoms with Gasteiger partial charge in [0.15, 0.2) is 0 Å². The summed E-state index contributed by atoms with van der Waals surface area (Å²) >= 11 is 0. The lowest BCUT2D eigenvalue weighted by atomic mass is 10.1. The van der Waals surface area contributed by atoms with Crippen LogP contribution in [0.25, 0.3) is 0 Å². The van der Waals surface area contributed by atoms with E-state index < -0.39 is 5.91 Å². The Labute approximate surface area is 124 Å². The first-order chi connectivity index (χ1) is 10.2. The minimum atomic E-state index is -0.408. The molecular weight excluding hydrogens is 264 g/mol. The van der Waals surface area contributed by atoms with Crippen LogP contribution in [0.15, 0.2) is 48.5 Å². The van der Waals surface area contributed by atoms with Crippen molar-refractivity contribution in [2.24, 2.45) is 5.73 Å². The number of nitrogens with two attached hydrogens (primary N) is 1. The van der Waals surface area contributed by atoms with Gasteiger partial charge in [-0.3, -0.25) is 4.79 Å². The second kappa shape index (κ2) is 7.33. The fourth-order valence-corrected chi connectivity index (χ4v) is 1.93. The van der Waals surface area contributed by atoms with E-state index in [1.807, 2.05) is 36.4 Å². The van der Waals surface area contributed by atoms with Crippen LogP contribution in [0.3, 0.4) is 0 Å². The fraction of sp³-hybridized carbons (Fsp3) is 0.235. The lowest BCUT2D eigenvalue weighted by Gasteiger charge is -2.09. The average Bonchev–Trinajstić information content (AvgIpc) is 2.52. The van der Waals surface area contributed by atoms with Crippen LogP contribution in [0.2, 0.25) is 0 Å². The molecule has 0 saturated carbocycles. The molecule has 0 aromatic heterocycles. The summed E-state index contributed by atoms with van der Waals surface area (Å²) in [6.45, 7) is 3.44. The molecule has 2 rings (SSSR count). The van der Waals surface area contributed by atoms with E-state index in [0.29, 0.717) is 12.1 Å². The van der Waals surface area contributed by atoms with Gasteiger partial charge in [0.2, 0.25) is 5.91 Å². The van der Waals surface area contributed by atoms with Crippen LogP contribution in [0.4, 0.5) is 5.69 Å². The Hall–Kier alpha value is -2.49. The third kappa shape index (κ3) is 4.53. The number of primary amides is 1. The molecule has 0 unspecified atom stereocenters. The second-order valence-corrected chi connectivity index (χ2v) is 4.79. The molecule has 4 heteroatoms. The Kier molecular flexibility index (Phi) is 5.21. The number of carbonyl (C=O) groups excluding carboxylic acids is 1. The van der Waals surface area contributed by atoms with Gasteiger partial charge in [0, 0.05) is 17.8 Å². The minimum absolute atomic E-state index is 0.408. The Morgan fingerprint density at radius 1 is 1.19 bits per heavy atom. The minimum Gasteiger partial charge on any atom is -0.494 e. The Morgan fingerprint density at radius 2 is 1.95 bits per heavy atom. The molecule has 0 saturated heterocycles. The van der Waals surface area contributed by atoms with E-state index in [2.05, 4.69) is 12.2 Å². The van der Waals surface area contributed by atoms with Gasteiger partial charge in [-0.05, 0) is 48.4 Å². The SMILES string of the molecule is CCCOc1ccc(NCc2cccc(C(N)=O)c2)cc1. The number of ether oxygens (including phenoxy) is 1. The Bertz CT molecular complexity index is 594. The normalized spacial score (nSPS) is 10.1. The maximum Gasteiger partial charge on any atom is 0.248 e. The van der Waals surface area contributed by atoms with E-state index in [9.17, 15) is 4.79 Å². The van der Waals surface area contributed by atoms with Crippen LogP contribution >= 0.6 is 0 Å². The molecule has 0 atom stereocenters. The molecule has 0 heterocycles. The summed E-state index contributed by atoms with van der Waals surface area (Å²) in [7, 11) is 0. The summed E-state index contributed by atoms with van der Waals surface area (Å²) in [5.74, 6) is 0.465. The van der Waals surface area contributed by atoms with E-state index in [4.69, 9.17) is 10.5 Å². The molecule has 2 aromatic carbocycles. The van der Waals surface area contributed by atoms with Crippen molar-refractivity contribution in [1.29, 1.82) is 0 Å². The van der Waals surface area contributed by atoms with Crippen LogP contribution in [0.1, 0.15) is 29.3 Å². The molecular formula is C17H20N2O2. The van der Waals surface area contributed by atoms with Crippen molar-refractivity contribution in [2.75, 3.05) is 11.9 Å². The summed E-state index contributed by atoms with van der Waals surface area (Å²) in [6, 6.07) is 15.1. The molecule has 0 aliphatic heterocycles. The van der Waals surface area contributed by atoms with Gasteiger partial charge in [-0.15, -0.1) is 0 Å². The van der Waals surface area contributed by atoms with Gasteiger partial charge in [-0.25, -0.2) is 0 Å². The van der Waals surface area contributed by atoms with Crippen LogP contribution < -0.4 is 15.8 Å². The zero-order chi connectivity index (χ0) is 15.1. The van der Waals surface area contributed by atoms with Gasteiger partial charge < -0.3 is 15.8 Å². The van der Waals surface area contributed by atoms with E-state index in [0.717, 1.165) is 30.0 Å². The van der Waals surface area contributed by atoms with Crippen LogP contribution in [-0.4, -0.2) is 12.5 Å². The maximum atomic E-state index is 11.1. The van der Waals surface area contributed by atoms with Crippen molar-refractivity contribution in [3.63, 3.8) is 0 Å². The van der Waals surface area contributed by atoms with Gasteiger partial charge in [0.1, 0.15) is 5.75 Å². The first-order valence-corrected chi connectivity index (χ1v) is 7.04. The lowest BCUT2D eigenvalue weighted by molar-refractivity contribution is 0.1000. The highest BCUT2D eigenvalue weighted by Crippen LogP contribution is 2.17. The zero-order valence-corrected chi connectivity index (χ0v) is 12.1. The molecule has 0 radical (unpaired) electrons. The highest BCUT2D eigenvalue weighted by Gasteiger charge is 2.01. The number of hydrogen-bond acceptors (Lipinski definition) is 3. The highest BCUT2D eigenvalue weighted by molar-refractivity contribution is 5.92. The third-order valence-electron chi connectivity index (χ3n) is 3.04. The number of rotatable bonds is 7. The van der Waals surface area contributed by atoms with Crippen LogP contribution in [0.5, 0.6) is 5.75 Å². The molecule has 110 valence electrons. The van der Waals surface area contributed by atoms with Crippen molar-refractivity contribution in [1.82, 2.24) is 0 Å². The molecule has 1 amide bonds. The third-order valence-corrected chi connectivity index (χ3v) is 3.04. The molecule has 0 bridgehead atoms. The van der Waals surface area contributed by atoms with Gasteiger partial charge >= 0.3 is 0 Å². The van der Waals surface area contributed by atoms with E-state index in [1.54, 1.807) is 12.1 Å². The van der Waals surface area contributed by atoms with E-state index in [1.165, 1.54) is 0 Å². The van der Waals surface area contributed by atoms with Crippen LogP contribution in [0, 0.1) is 0 Å². The van der Waals surface area contributed by atoms with Gasteiger partial charge in [0.05, 0.1) is 6.61 Å². The first kappa shape index (κ1) is 14.9. The Morgan fingerprint density at radius 3 is 2.62 bits per heavy atom. The molecule has 0 spiro atoms. The quantitative estimate of drug-likeness (QED) is 0.820. The number of amides is 1. The number of anilines is 1. The zero-order valence-electron chi connectivity index (χ0n) is 12.1. The number of nitrogens with one attached hydrogen (secondary N) is 1. The number of benzene rings is 2. The molecule has 3 N–H and O–H groups in total. The monoisotopic (exact) mass is 284 g/mol. The molecule has 2 aromatic rings. The molecule has 0 fully saturated rings. The molecule has 4 nitrogen and oxygen atoms in total. The maximum absolute atomic E-state index is 11.1. The van der Waals surface area contributed by atoms with Crippen molar-refractivity contribution >= 4 is 11.6 Å². The van der Waals surface area contributed by atoms with E-state index in [-0.39, 0.29) is 0 Å². The second-order valence-electron chi connectivity index (χ2n) is 4.79. The van der Waals surface area contributed by atoms with Gasteiger partial charge in [-0.2, -0.15) is 0 Å². The molecule has 0 aliphatic carbocycles. The standard InChI is InChI=1S/C17H20N2O2/c1-2-10-21-16-8-6-15(7-9-16)19-12-13-4-3-5-14(11-13)17(18)20/h3-9,11,19H,2,10,12H2,1H3,(H2,18,20). The molecule has 0 aliphatic rings. The smallest absolute Gasteiger partial charge is 0.248 e. The average molecular weight is 284 g/mol. The topological polar surface area (TPSA) is 64.3 Å². The largest absolute Gasteiger partial charge is 0.494 e. The van der Waals surface area contributed by atoms with Crippen molar-refractivity contribution in [3.05, 3.63) is 59.7 Å². The van der Waals surface area contributed by atoms with Crippen molar-refractivity contribution in [3.8, 4) is 5.75 Å². The number of hydrogen-bond donors (Lipinski definition) is 2. The lowest BCUT2D eigenvalue weighted by Crippen LogP contribution is -2.11. The van der Waals surface area contributed by atoms with Crippen LogP contribution in [-0.2, 0) is 6.54 Å². The van der Waals surface area contributed by atoms with Gasteiger partial charge in [-0.1, -0.05) is 19.1 Å². The predicted molar refractivity (Wildman–Crippen MR) is 84.5 cm³/mol. The summed E-state index contributed by atoms with van der Waals surface area (Å²) < 4.78 is 5.54. The van der Waals surface area contributed by atoms with Crippen molar-refractivity contribution in [2.45, 2.75) is 19.9 Å². The summed E-state index contributed by atoms with van der Waals surface area (Å²) in [5.41, 5.74) is 7.81.